The third kappa shape index (κ3) is 3.47. The summed E-state index contributed by atoms with van der Waals surface area (Å²) in [5.41, 5.74) is 0. The van der Waals surface area contributed by atoms with Gasteiger partial charge < -0.3 is 5.11 Å². The van der Waals surface area contributed by atoms with Crippen LogP contribution in [0.4, 0.5) is 0 Å². The highest BCUT2D eigenvalue weighted by atomic mass is 16.5. The fourth-order valence-corrected chi connectivity index (χ4v) is 0.151. The molecular formula is C4H8O2. The van der Waals surface area contributed by atoms with Crippen molar-refractivity contribution in [1.29, 1.82) is 0 Å². The largest absolute Gasteiger partial charge is 0.481 e. The van der Waals surface area contributed by atoms with Gasteiger partial charge in [0.1, 0.15) is 0 Å². The molecule has 0 aliphatic carbocycles. The predicted octanol–water partition coefficient (Wildman–Crippen LogP) is 0.871. The number of aliphatic carboxylic acids is 1. The minimum atomic E-state index is -2.04. The van der Waals surface area contributed by atoms with Gasteiger partial charge in [-0.3, -0.25) is 4.79 Å². The van der Waals surface area contributed by atoms with Crippen LogP contribution < -0.4 is 0 Å². The number of rotatable bonds is 2. The zero-order valence-electron chi connectivity index (χ0n) is 5.56. The first-order valence-electron chi connectivity index (χ1n) is 2.74. The van der Waals surface area contributed by atoms with Gasteiger partial charge in [0.25, 0.3) is 0 Å². The first-order chi connectivity index (χ1) is 3.50. The molecule has 0 heterocycles. The molecule has 0 radical (unpaired) electrons. The van der Waals surface area contributed by atoms with E-state index in [0.29, 0.717) is 0 Å². The van der Waals surface area contributed by atoms with Gasteiger partial charge >= 0.3 is 5.97 Å². The van der Waals surface area contributed by atoms with Gasteiger partial charge in [0.05, 0.1) is 0 Å². The van der Waals surface area contributed by atoms with Crippen molar-refractivity contribution >= 4 is 5.97 Å². The number of carbonyl (C=O) groups is 1. The summed E-state index contributed by atoms with van der Waals surface area (Å²) >= 11 is 0. The summed E-state index contributed by atoms with van der Waals surface area (Å²) in [5, 5.41) is 8.07. The van der Waals surface area contributed by atoms with Crippen LogP contribution in [-0.2, 0) is 4.79 Å². The van der Waals surface area contributed by atoms with Crippen molar-refractivity contribution in [3.63, 3.8) is 0 Å². The average molecular weight is 91.1 g/mol. The third-order valence-corrected chi connectivity index (χ3v) is 0.328. The minimum absolute atomic E-state index is 0.0162. The maximum absolute atomic E-state index is 9.88. The molecule has 2 nitrogen and oxygen atoms in total. The second kappa shape index (κ2) is 2.69. The minimum Gasteiger partial charge on any atom is -0.481 e. The Morgan fingerprint density at radius 1 is 2.17 bits per heavy atom. The lowest BCUT2D eigenvalue weighted by atomic mass is 10.5. The van der Waals surface area contributed by atoms with E-state index in [9.17, 15) is 4.79 Å². The van der Waals surface area contributed by atoms with E-state index >= 15 is 0 Å². The second-order valence-electron chi connectivity index (χ2n) is 0.835. The predicted molar refractivity (Wildman–Crippen MR) is 22.5 cm³/mol. The Labute approximate surface area is 39.6 Å². The van der Waals surface area contributed by atoms with E-state index < -0.39 is 12.3 Å². The van der Waals surface area contributed by atoms with Crippen molar-refractivity contribution in [2.75, 3.05) is 0 Å². The lowest BCUT2D eigenvalue weighted by Gasteiger charge is -1.79. The quantitative estimate of drug-likeness (QED) is 0.512. The summed E-state index contributed by atoms with van der Waals surface area (Å²) in [4.78, 5) is 9.88. The van der Waals surface area contributed by atoms with Gasteiger partial charge in [-0.25, -0.2) is 0 Å². The summed E-state index contributed by atoms with van der Waals surface area (Å²) < 4.78 is 13.4. The highest BCUT2D eigenvalue weighted by molar-refractivity contribution is 5.66. The first-order valence-corrected chi connectivity index (χ1v) is 1.74. The van der Waals surface area contributed by atoms with Gasteiger partial charge in [-0.1, -0.05) is 6.92 Å². The Kier molecular flexibility index (Phi) is 1.17. The van der Waals surface area contributed by atoms with E-state index in [1.165, 1.54) is 6.92 Å². The molecule has 0 rings (SSSR count). The summed E-state index contributed by atoms with van der Waals surface area (Å²) in [5.74, 6) is -1.39. The second-order valence-corrected chi connectivity index (χ2v) is 0.835. The molecule has 0 aromatic carbocycles. The van der Waals surface area contributed by atoms with Crippen LogP contribution >= 0.6 is 0 Å². The van der Waals surface area contributed by atoms with Gasteiger partial charge in [0, 0.05) is 9.11 Å². The Hall–Kier alpha value is -0.530. The molecule has 0 unspecified atom stereocenters. The topological polar surface area (TPSA) is 37.3 Å². The van der Waals surface area contributed by atoms with Crippen LogP contribution in [0.25, 0.3) is 0 Å². The van der Waals surface area contributed by atoms with Crippen molar-refractivity contribution in [2.24, 2.45) is 0 Å². The van der Waals surface area contributed by atoms with Gasteiger partial charge in [0.2, 0.25) is 0 Å². The Balaban J connectivity index is 3.91. The molecule has 0 fully saturated rings. The first kappa shape index (κ1) is 2.61. The Morgan fingerprint density at radius 2 is 2.67 bits per heavy atom. The Bertz CT molecular complexity index is 100. The molecule has 0 aliphatic rings. The van der Waals surface area contributed by atoms with Crippen molar-refractivity contribution in [2.45, 2.75) is 19.7 Å². The third-order valence-electron chi connectivity index (χ3n) is 0.328. The monoisotopic (exact) mass is 91.1 g/mol. The van der Waals surface area contributed by atoms with Crippen LogP contribution in [-0.4, -0.2) is 11.1 Å². The zero-order chi connectivity index (χ0) is 6.78. The van der Waals surface area contributed by atoms with Crippen molar-refractivity contribution in [1.82, 2.24) is 0 Å². The van der Waals surface area contributed by atoms with Crippen LogP contribution in [0.5, 0.6) is 0 Å². The molecule has 2 heteroatoms. The molecular weight excluding hydrogens is 81.0 g/mol. The molecule has 0 amide bonds. The van der Waals surface area contributed by atoms with Gasteiger partial charge in [-0.05, 0) is 6.42 Å². The maximum atomic E-state index is 9.88. The van der Waals surface area contributed by atoms with Gasteiger partial charge in [-0.15, -0.1) is 0 Å². The van der Waals surface area contributed by atoms with E-state index in [4.69, 9.17) is 7.85 Å². The number of carboxylic acids is 1. The van der Waals surface area contributed by atoms with E-state index in [2.05, 4.69) is 0 Å². The van der Waals surface area contributed by atoms with Gasteiger partial charge in [0.15, 0.2) is 0 Å². The fourth-order valence-electron chi connectivity index (χ4n) is 0.151. The van der Waals surface area contributed by atoms with E-state index in [-0.39, 0.29) is 6.42 Å². The van der Waals surface area contributed by atoms with E-state index in [1.54, 1.807) is 0 Å². The summed E-state index contributed by atoms with van der Waals surface area (Å²) in [7, 11) is 0. The van der Waals surface area contributed by atoms with Crippen LogP contribution in [0.1, 0.15) is 22.5 Å². The molecule has 0 atom stereocenters. The van der Waals surface area contributed by atoms with Crippen LogP contribution in [0.15, 0.2) is 0 Å². The van der Waals surface area contributed by atoms with Crippen LogP contribution in [0.2, 0.25) is 0 Å². The standard InChI is InChI=1S/C4H8O2/c1-2-3-4(5)6/h2-3H2,1H3,(H,5,6)/i3D2,4+1. The molecule has 0 saturated carbocycles. The lowest BCUT2D eigenvalue weighted by molar-refractivity contribution is -0.137. The van der Waals surface area contributed by atoms with Crippen molar-refractivity contribution in [3.8, 4) is 0 Å². The maximum Gasteiger partial charge on any atom is 0.303 e. The molecule has 0 bridgehead atoms. The van der Waals surface area contributed by atoms with Crippen molar-refractivity contribution in [3.05, 3.63) is 0 Å². The zero-order valence-corrected chi connectivity index (χ0v) is 3.56. The van der Waals surface area contributed by atoms with Gasteiger partial charge in [-0.2, -0.15) is 0 Å². The number of hydrogen-bond acceptors (Lipinski definition) is 1. The smallest absolute Gasteiger partial charge is 0.303 e. The normalized spacial score (nSPS) is 15.5. The molecule has 6 heavy (non-hydrogen) atoms. The Morgan fingerprint density at radius 3 is 2.67 bits per heavy atom. The highest BCUT2D eigenvalue weighted by Crippen LogP contribution is 1.82. The molecule has 0 aliphatic heterocycles. The molecule has 0 spiro atoms. The van der Waals surface area contributed by atoms with E-state index in [0.717, 1.165) is 0 Å². The SMILES string of the molecule is [2H]C([2H])(CC)[13C](=O)O. The average Bonchev–Trinajstić information content (AvgIpc) is 1.67. The summed E-state index contributed by atoms with van der Waals surface area (Å²) in [6.07, 6.45) is -2.03. The summed E-state index contributed by atoms with van der Waals surface area (Å²) in [6, 6.07) is 0. The number of hydrogen-bond donors (Lipinski definition) is 1. The lowest BCUT2D eigenvalue weighted by Crippen LogP contribution is -1.90. The van der Waals surface area contributed by atoms with E-state index in [1.807, 2.05) is 0 Å². The molecule has 36 valence electrons. The van der Waals surface area contributed by atoms with Crippen molar-refractivity contribution < 1.29 is 12.6 Å². The highest BCUT2D eigenvalue weighted by Gasteiger charge is 1.87. The molecule has 0 saturated heterocycles. The molecule has 0 aromatic heterocycles. The number of carboxylic acid groups (broad SMARTS) is 1. The van der Waals surface area contributed by atoms with Crippen LogP contribution in [0, 0.1) is 0 Å². The molecule has 1 N–H and O–H groups in total. The molecule has 0 aromatic rings. The summed E-state index contributed by atoms with van der Waals surface area (Å²) in [6.45, 7) is 1.49. The van der Waals surface area contributed by atoms with Crippen LogP contribution in [0.3, 0.4) is 0 Å². The fraction of sp³-hybridized carbons (Fsp3) is 0.750.